The Bertz CT molecular complexity index is 504. The molecule has 0 bridgehead atoms. The standard InChI is InChI=1S/C12H17N3O5/c1-8(2)12(16)7-13-6-9-3-4-10(14(17)18)5-11(9)15(19)20/h3-5,8,12-13,16H,6-7H2,1-2H3. The summed E-state index contributed by atoms with van der Waals surface area (Å²) in [5.74, 6) is 0.0781. The van der Waals surface area contributed by atoms with E-state index in [4.69, 9.17) is 0 Å². The number of aliphatic hydroxyl groups is 1. The SMILES string of the molecule is CC(C)C(O)CNCc1ccc([N+](=O)[O-])cc1[N+](=O)[O-]. The first kappa shape index (κ1) is 16.0. The first-order valence-corrected chi connectivity index (χ1v) is 6.13. The van der Waals surface area contributed by atoms with Crippen LogP contribution in [0.15, 0.2) is 18.2 Å². The molecular weight excluding hydrogens is 266 g/mol. The second-order valence-electron chi connectivity index (χ2n) is 4.77. The average Bonchev–Trinajstić information content (AvgIpc) is 2.38. The second-order valence-corrected chi connectivity index (χ2v) is 4.77. The Kier molecular flexibility index (Phi) is 5.53. The Morgan fingerprint density at radius 3 is 2.40 bits per heavy atom. The summed E-state index contributed by atoms with van der Waals surface area (Å²) < 4.78 is 0. The van der Waals surface area contributed by atoms with E-state index in [2.05, 4.69) is 5.32 Å². The van der Waals surface area contributed by atoms with Gasteiger partial charge in [0, 0.05) is 24.7 Å². The van der Waals surface area contributed by atoms with Crippen LogP contribution in [0.5, 0.6) is 0 Å². The Hall–Kier alpha value is -2.06. The van der Waals surface area contributed by atoms with Crippen LogP contribution in [0.3, 0.4) is 0 Å². The van der Waals surface area contributed by atoms with Gasteiger partial charge in [0.1, 0.15) is 0 Å². The van der Waals surface area contributed by atoms with E-state index in [0.29, 0.717) is 12.1 Å². The van der Waals surface area contributed by atoms with Gasteiger partial charge < -0.3 is 10.4 Å². The van der Waals surface area contributed by atoms with Crippen molar-refractivity contribution in [1.29, 1.82) is 0 Å². The van der Waals surface area contributed by atoms with Crippen molar-refractivity contribution in [2.75, 3.05) is 6.54 Å². The Morgan fingerprint density at radius 1 is 1.25 bits per heavy atom. The van der Waals surface area contributed by atoms with Crippen LogP contribution in [0.1, 0.15) is 19.4 Å². The van der Waals surface area contributed by atoms with E-state index in [1.54, 1.807) is 0 Å². The van der Waals surface area contributed by atoms with Gasteiger partial charge in [-0.1, -0.05) is 13.8 Å². The molecule has 1 rings (SSSR count). The average molecular weight is 283 g/mol. The van der Waals surface area contributed by atoms with E-state index < -0.39 is 16.0 Å². The molecule has 1 unspecified atom stereocenters. The van der Waals surface area contributed by atoms with Crippen LogP contribution in [0.4, 0.5) is 11.4 Å². The van der Waals surface area contributed by atoms with E-state index in [1.165, 1.54) is 12.1 Å². The summed E-state index contributed by atoms with van der Waals surface area (Å²) in [4.78, 5) is 20.2. The van der Waals surface area contributed by atoms with Crippen LogP contribution < -0.4 is 5.32 Å². The molecular formula is C12H17N3O5. The van der Waals surface area contributed by atoms with Gasteiger partial charge in [0.25, 0.3) is 11.4 Å². The number of nitrogens with zero attached hydrogens (tertiary/aromatic N) is 2. The molecule has 0 amide bonds. The molecule has 2 N–H and O–H groups in total. The fourth-order valence-corrected chi connectivity index (χ4v) is 1.58. The zero-order chi connectivity index (χ0) is 15.3. The minimum absolute atomic E-state index is 0.0781. The van der Waals surface area contributed by atoms with E-state index in [9.17, 15) is 25.3 Å². The van der Waals surface area contributed by atoms with Gasteiger partial charge in [0.2, 0.25) is 0 Å². The van der Waals surface area contributed by atoms with Crippen molar-refractivity contribution >= 4 is 11.4 Å². The Balaban J connectivity index is 2.79. The molecule has 0 heterocycles. The van der Waals surface area contributed by atoms with Crippen molar-refractivity contribution in [3.8, 4) is 0 Å². The van der Waals surface area contributed by atoms with Gasteiger partial charge in [-0.15, -0.1) is 0 Å². The van der Waals surface area contributed by atoms with Crippen LogP contribution in [0.2, 0.25) is 0 Å². The predicted octanol–water partition coefficient (Wildman–Crippen LogP) is 1.61. The lowest BCUT2D eigenvalue weighted by Gasteiger charge is -2.15. The third-order valence-electron chi connectivity index (χ3n) is 2.91. The molecule has 1 aromatic rings. The van der Waals surface area contributed by atoms with Crippen molar-refractivity contribution < 1.29 is 15.0 Å². The molecule has 0 radical (unpaired) electrons. The van der Waals surface area contributed by atoms with Gasteiger partial charge in [0.15, 0.2) is 0 Å². The first-order chi connectivity index (χ1) is 9.32. The lowest BCUT2D eigenvalue weighted by Crippen LogP contribution is -2.30. The van der Waals surface area contributed by atoms with Crippen molar-refractivity contribution in [2.45, 2.75) is 26.5 Å². The van der Waals surface area contributed by atoms with Gasteiger partial charge in [0.05, 0.1) is 22.0 Å². The molecule has 0 aliphatic heterocycles. The lowest BCUT2D eigenvalue weighted by molar-refractivity contribution is -0.394. The number of aliphatic hydroxyl groups excluding tert-OH is 1. The topological polar surface area (TPSA) is 119 Å². The predicted molar refractivity (Wildman–Crippen MR) is 72.3 cm³/mol. The molecule has 8 heteroatoms. The number of nitro benzene ring substituents is 2. The number of rotatable bonds is 7. The molecule has 1 atom stereocenters. The van der Waals surface area contributed by atoms with E-state index in [1.807, 2.05) is 13.8 Å². The van der Waals surface area contributed by atoms with Crippen LogP contribution in [0, 0.1) is 26.1 Å². The van der Waals surface area contributed by atoms with Crippen molar-refractivity contribution in [3.05, 3.63) is 44.0 Å². The van der Waals surface area contributed by atoms with Gasteiger partial charge in [-0.3, -0.25) is 20.2 Å². The summed E-state index contributed by atoms with van der Waals surface area (Å²) in [7, 11) is 0. The molecule has 0 saturated heterocycles. The number of nitro groups is 2. The minimum atomic E-state index is -0.674. The number of benzene rings is 1. The number of nitrogens with one attached hydrogen (secondary N) is 1. The number of hydrogen-bond acceptors (Lipinski definition) is 6. The van der Waals surface area contributed by atoms with Gasteiger partial charge in [-0.25, -0.2) is 0 Å². The Morgan fingerprint density at radius 2 is 1.90 bits per heavy atom. The fourth-order valence-electron chi connectivity index (χ4n) is 1.58. The highest BCUT2D eigenvalue weighted by Crippen LogP contribution is 2.24. The highest BCUT2D eigenvalue weighted by molar-refractivity contribution is 5.49. The van der Waals surface area contributed by atoms with Gasteiger partial charge >= 0.3 is 0 Å². The molecule has 0 aliphatic carbocycles. The molecule has 8 nitrogen and oxygen atoms in total. The molecule has 0 fully saturated rings. The summed E-state index contributed by atoms with van der Waals surface area (Å²) in [5, 5.41) is 34.0. The number of hydrogen-bond donors (Lipinski definition) is 2. The van der Waals surface area contributed by atoms with Crippen LogP contribution in [-0.2, 0) is 6.54 Å². The summed E-state index contributed by atoms with van der Waals surface area (Å²) in [6, 6.07) is 3.52. The summed E-state index contributed by atoms with van der Waals surface area (Å²) in [5.41, 5.74) is -0.273. The molecule has 20 heavy (non-hydrogen) atoms. The van der Waals surface area contributed by atoms with Crippen molar-refractivity contribution in [3.63, 3.8) is 0 Å². The monoisotopic (exact) mass is 283 g/mol. The lowest BCUT2D eigenvalue weighted by atomic mass is 10.1. The van der Waals surface area contributed by atoms with Crippen molar-refractivity contribution in [2.24, 2.45) is 5.92 Å². The van der Waals surface area contributed by atoms with E-state index >= 15 is 0 Å². The third-order valence-corrected chi connectivity index (χ3v) is 2.91. The maximum absolute atomic E-state index is 10.9. The molecule has 0 saturated carbocycles. The van der Waals surface area contributed by atoms with E-state index in [-0.39, 0.29) is 23.8 Å². The molecule has 1 aromatic carbocycles. The van der Waals surface area contributed by atoms with Crippen LogP contribution in [-0.4, -0.2) is 27.6 Å². The first-order valence-electron chi connectivity index (χ1n) is 6.13. The summed E-state index contributed by atoms with van der Waals surface area (Å²) in [6.45, 7) is 4.19. The normalized spacial score (nSPS) is 12.4. The molecule has 0 aliphatic rings. The zero-order valence-corrected chi connectivity index (χ0v) is 11.3. The van der Waals surface area contributed by atoms with Crippen molar-refractivity contribution in [1.82, 2.24) is 5.32 Å². The minimum Gasteiger partial charge on any atom is -0.392 e. The van der Waals surface area contributed by atoms with Gasteiger partial charge in [-0.2, -0.15) is 0 Å². The van der Waals surface area contributed by atoms with E-state index in [0.717, 1.165) is 6.07 Å². The van der Waals surface area contributed by atoms with Crippen LogP contribution in [0.25, 0.3) is 0 Å². The highest BCUT2D eigenvalue weighted by Gasteiger charge is 2.19. The molecule has 0 aromatic heterocycles. The highest BCUT2D eigenvalue weighted by atomic mass is 16.6. The molecule has 110 valence electrons. The third kappa shape index (κ3) is 4.25. The fraction of sp³-hybridized carbons (Fsp3) is 0.500. The summed E-state index contributed by atoms with van der Waals surface area (Å²) >= 11 is 0. The Labute approximate surface area is 115 Å². The smallest absolute Gasteiger partial charge is 0.280 e. The molecule has 0 spiro atoms. The summed E-state index contributed by atoms with van der Waals surface area (Å²) in [6.07, 6.45) is -0.549. The quantitative estimate of drug-likeness (QED) is 0.579. The maximum atomic E-state index is 10.9. The largest absolute Gasteiger partial charge is 0.392 e. The van der Waals surface area contributed by atoms with Gasteiger partial charge in [-0.05, 0) is 12.0 Å². The second kappa shape index (κ2) is 6.92. The zero-order valence-electron chi connectivity index (χ0n) is 11.3. The van der Waals surface area contributed by atoms with Crippen LogP contribution >= 0.6 is 0 Å². The maximum Gasteiger partial charge on any atom is 0.280 e. The number of non-ortho nitro benzene ring substituents is 1.